The lowest BCUT2D eigenvalue weighted by Gasteiger charge is -2.10. The lowest BCUT2D eigenvalue weighted by Crippen LogP contribution is -2.35. The van der Waals surface area contributed by atoms with E-state index in [-0.39, 0.29) is 55.5 Å². The summed E-state index contributed by atoms with van der Waals surface area (Å²) >= 11 is 0. The third kappa shape index (κ3) is 16.4. The van der Waals surface area contributed by atoms with Gasteiger partial charge in [-0.05, 0) is 93.1 Å². The molecule has 0 aromatic heterocycles. The van der Waals surface area contributed by atoms with Crippen LogP contribution in [-0.2, 0) is 67.5 Å². The van der Waals surface area contributed by atoms with Crippen molar-refractivity contribution in [2.45, 2.75) is 85.8 Å². The average Bonchev–Trinajstić information content (AvgIpc) is 3.29. The molecule has 0 fully saturated rings. The van der Waals surface area contributed by atoms with Gasteiger partial charge in [-0.1, -0.05) is 63.3 Å². The second-order valence-corrected chi connectivity index (χ2v) is 17.9. The molecule has 0 heterocycles. The second kappa shape index (κ2) is 25.9. The first-order valence-electron chi connectivity index (χ1n) is 20.6. The summed E-state index contributed by atoms with van der Waals surface area (Å²) in [7, 11) is -8.06. The molecule has 0 unspecified atom stereocenters. The first kappa shape index (κ1) is 53.1. The van der Waals surface area contributed by atoms with E-state index < -0.39 is 66.9 Å². The second-order valence-electron chi connectivity index (χ2n) is 14.0. The smallest absolute Gasteiger partial charge is 0.397 e. The predicted octanol–water partition coefficient (Wildman–Crippen LogP) is 4.98. The Kier molecular flexibility index (Phi) is 20.8. The van der Waals surface area contributed by atoms with Gasteiger partial charge in [0.1, 0.15) is 0 Å². The third-order valence-electron chi connectivity index (χ3n) is 8.87. The number of carbonyl (C=O) groups excluding carboxylic acids is 8. The van der Waals surface area contributed by atoms with Crippen molar-refractivity contribution in [3.63, 3.8) is 0 Å². The van der Waals surface area contributed by atoms with Crippen LogP contribution in [0, 0.1) is 0 Å². The number of hydrogen-bond acceptors (Lipinski definition) is 14. The standard InChI is InChI=1S/C25H31N3O6S.C20H20N2O8S/c1-3-4-5-6-7-8-15-26-24(31)25(32)28-20-12-10-14-22(17-20)35(33,34)21-13-9-11-19(16-21)27-23(30)18(2)29;1-3-29-19(25)17(23)21-13-7-5-9-15(11-13)31(27,28)16-10-6-8-14(12-16)22-18(24)20(26)30-4-2/h9-14,16-17H,3-8,15H2,1-2H3,(H,26,31)(H,27,30)(H,28,32);5-12H,3-4H2,1-2H3,(H,21,23)(H,22,24). The molecule has 0 aliphatic carbocycles. The van der Waals surface area contributed by atoms with Gasteiger partial charge in [-0.15, -0.1) is 0 Å². The molecule has 21 heteroatoms. The molecule has 0 bridgehead atoms. The largest absolute Gasteiger partial charge is 0.459 e. The summed E-state index contributed by atoms with van der Waals surface area (Å²) in [5.41, 5.74) is 0.446. The molecule has 352 valence electrons. The van der Waals surface area contributed by atoms with Gasteiger partial charge < -0.3 is 36.1 Å². The maximum Gasteiger partial charge on any atom is 0.397 e. The van der Waals surface area contributed by atoms with E-state index in [9.17, 15) is 55.2 Å². The zero-order valence-corrected chi connectivity index (χ0v) is 38.3. The van der Waals surface area contributed by atoms with Crippen LogP contribution in [-0.4, -0.2) is 83.9 Å². The summed E-state index contributed by atoms with van der Waals surface area (Å²) in [5.74, 6) is -7.53. The van der Waals surface area contributed by atoms with Gasteiger partial charge >= 0.3 is 35.6 Å². The highest BCUT2D eigenvalue weighted by Crippen LogP contribution is 2.27. The number of Topliss-reactive ketones (excluding diaryl/α,β-unsaturated/α-hetero) is 1. The van der Waals surface area contributed by atoms with E-state index in [1.54, 1.807) is 13.8 Å². The minimum absolute atomic E-state index is 0.0176. The fourth-order valence-corrected chi connectivity index (χ4v) is 8.29. The molecular formula is C45H51N5O14S2. The Labute approximate surface area is 382 Å². The van der Waals surface area contributed by atoms with E-state index in [1.165, 1.54) is 103 Å². The zero-order valence-electron chi connectivity index (χ0n) is 36.6. The zero-order chi connectivity index (χ0) is 48.9. The van der Waals surface area contributed by atoms with Crippen LogP contribution in [0.2, 0.25) is 0 Å². The molecule has 0 radical (unpaired) electrons. The fraction of sp³-hybridized carbons (Fsp3) is 0.289. The van der Waals surface area contributed by atoms with E-state index in [2.05, 4.69) is 43.0 Å². The first-order valence-corrected chi connectivity index (χ1v) is 23.6. The van der Waals surface area contributed by atoms with Gasteiger partial charge in [-0.25, -0.2) is 26.4 Å². The highest BCUT2D eigenvalue weighted by molar-refractivity contribution is 7.91. The van der Waals surface area contributed by atoms with Crippen molar-refractivity contribution in [3.05, 3.63) is 97.1 Å². The number of rotatable bonds is 18. The van der Waals surface area contributed by atoms with Crippen LogP contribution in [0.15, 0.2) is 117 Å². The summed E-state index contributed by atoms with van der Waals surface area (Å²) in [6.45, 7) is 6.76. The molecule has 66 heavy (non-hydrogen) atoms. The monoisotopic (exact) mass is 949 g/mol. The molecular weight excluding hydrogens is 899 g/mol. The van der Waals surface area contributed by atoms with Crippen molar-refractivity contribution >= 4 is 89.7 Å². The Morgan fingerprint density at radius 1 is 0.439 bits per heavy atom. The van der Waals surface area contributed by atoms with Gasteiger partial charge in [-0.3, -0.25) is 28.8 Å². The van der Waals surface area contributed by atoms with Gasteiger partial charge in [0.15, 0.2) is 0 Å². The maximum atomic E-state index is 13.1. The molecule has 0 aliphatic heterocycles. The van der Waals surface area contributed by atoms with Crippen LogP contribution < -0.4 is 26.6 Å². The number of sulfone groups is 2. The lowest BCUT2D eigenvalue weighted by molar-refractivity contribution is -0.152. The highest BCUT2D eigenvalue weighted by atomic mass is 32.2. The Balaban J connectivity index is 0.000000353. The van der Waals surface area contributed by atoms with Gasteiger partial charge in [0.2, 0.25) is 25.5 Å². The number of ether oxygens (including phenoxy) is 2. The first-order chi connectivity index (χ1) is 31.3. The molecule has 0 saturated carbocycles. The number of unbranched alkanes of at least 4 members (excludes halogenated alkanes) is 5. The minimum atomic E-state index is -4.05. The Bertz CT molecular complexity index is 2570. The Hall–Kier alpha value is -7.26. The molecule has 4 aromatic carbocycles. The summed E-state index contributed by atoms with van der Waals surface area (Å²) in [4.78, 5) is 92.9. The summed E-state index contributed by atoms with van der Waals surface area (Å²) in [6, 6.07) is 21.5. The maximum absolute atomic E-state index is 13.1. The number of benzene rings is 4. The van der Waals surface area contributed by atoms with Gasteiger partial charge in [0.25, 0.3) is 5.91 Å². The summed E-state index contributed by atoms with van der Waals surface area (Å²) in [6.07, 6.45) is 6.34. The van der Waals surface area contributed by atoms with E-state index in [0.29, 0.717) is 6.54 Å². The van der Waals surface area contributed by atoms with Crippen molar-refractivity contribution in [2.75, 3.05) is 41.0 Å². The molecule has 4 rings (SSSR count). The number of amides is 5. The molecule has 0 saturated heterocycles. The lowest BCUT2D eigenvalue weighted by atomic mass is 10.1. The average molecular weight is 950 g/mol. The highest BCUT2D eigenvalue weighted by Gasteiger charge is 2.23. The molecule has 5 amide bonds. The number of hydrogen-bond donors (Lipinski definition) is 5. The molecule has 0 atom stereocenters. The van der Waals surface area contributed by atoms with Crippen LogP contribution in [0.1, 0.15) is 66.2 Å². The summed E-state index contributed by atoms with van der Waals surface area (Å²) < 4.78 is 61.3. The SMILES string of the molecule is CCCCCCCCNC(=O)C(=O)Nc1cccc(S(=O)(=O)c2cccc(NC(=O)C(C)=O)c2)c1.CCOC(=O)C(=O)Nc1cccc(S(=O)(=O)c2cccc(NC(=O)C(=O)OCC)c2)c1. The van der Waals surface area contributed by atoms with Crippen LogP contribution >= 0.6 is 0 Å². The Morgan fingerprint density at radius 3 is 1.12 bits per heavy atom. The molecule has 19 nitrogen and oxygen atoms in total. The van der Waals surface area contributed by atoms with Gasteiger partial charge in [-0.2, -0.15) is 0 Å². The van der Waals surface area contributed by atoms with E-state index in [4.69, 9.17) is 0 Å². The Morgan fingerprint density at radius 2 is 0.773 bits per heavy atom. The van der Waals surface area contributed by atoms with Gasteiger partial charge in [0, 0.05) is 36.2 Å². The van der Waals surface area contributed by atoms with Crippen molar-refractivity contribution in [1.29, 1.82) is 0 Å². The molecule has 5 N–H and O–H groups in total. The fourth-order valence-electron chi connectivity index (χ4n) is 5.59. The van der Waals surface area contributed by atoms with Crippen LogP contribution in [0.3, 0.4) is 0 Å². The van der Waals surface area contributed by atoms with Crippen LogP contribution in [0.4, 0.5) is 22.7 Å². The number of carbonyl (C=O) groups is 8. The number of nitrogens with one attached hydrogen (secondary N) is 5. The van der Waals surface area contributed by atoms with E-state index in [0.717, 1.165) is 39.0 Å². The number of ketones is 1. The van der Waals surface area contributed by atoms with E-state index in [1.807, 2.05) is 0 Å². The van der Waals surface area contributed by atoms with E-state index >= 15 is 0 Å². The van der Waals surface area contributed by atoms with Crippen LogP contribution in [0.5, 0.6) is 0 Å². The number of anilines is 4. The normalized spacial score (nSPS) is 10.8. The van der Waals surface area contributed by atoms with Crippen molar-refractivity contribution in [3.8, 4) is 0 Å². The van der Waals surface area contributed by atoms with Crippen molar-refractivity contribution in [1.82, 2.24) is 5.32 Å². The third-order valence-corrected chi connectivity index (χ3v) is 12.4. The van der Waals surface area contributed by atoms with Gasteiger partial charge in [0.05, 0.1) is 32.8 Å². The molecule has 0 aliphatic rings. The molecule has 0 spiro atoms. The minimum Gasteiger partial charge on any atom is -0.459 e. The number of esters is 2. The molecule has 4 aromatic rings. The van der Waals surface area contributed by atoms with Crippen molar-refractivity contribution < 1.29 is 64.7 Å². The predicted molar refractivity (Wildman–Crippen MR) is 242 cm³/mol. The topological polar surface area (TPSA) is 283 Å². The van der Waals surface area contributed by atoms with Crippen LogP contribution in [0.25, 0.3) is 0 Å². The van der Waals surface area contributed by atoms with Crippen molar-refractivity contribution in [2.24, 2.45) is 0 Å². The summed E-state index contributed by atoms with van der Waals surface area (Å²) in [5, 5.41) is 11.8. The quantitative estimate of drug-likeness (QED) is 0.0500.